The summed E-state index contributed by atoms with van der Waals surface area (Å²) in [6.07, 6.45) is 5.87. The van der Waals surface area contributed by atoms with Crippen LogP contribution in [0.4, 0.5) is 0 Å². The molecule has 0 saturated heterocycles. The molecule has 0 saturated carbocycles. The van der Waals surface area contributed by atoms with Gasteiger partial charge in [0.1, 0.15) is 0 Å². The van der Waals surface area contributed by atoms with E-state index in [9.17, 15) is 0 Å². The Balaban J connectivity index is 3.24. The van der Waals surface area contributed by atoms with Crippen LogP contribution >= 0.6 is 0 Å². The highest BCUT2D eigenvalue weighted by Gasteiger charge is 1.84. The topological polar surface area (TPSA) is 15.8 Å². The summed E-state index contributed by atoms with van der Waals surface area (Å²) in [5, 5.41) is 2.34. The molecule has 1 aliphatic rings. The lowest BCUT2D eigenvalue weighted by Gasteiger charge is -1.60. The SMILES string of the molecule is C1=CC=c2cc[nH]c2=1. The fourth-order valence-electron chi connectivity index (χ4n) is 0.860. The molecule has 0 aliphatic heterocycles. The van der Waals surface area contributed by atoms with E-state index in [0.29, 0.717) is 0 Å². The molecule has 0 bridgehead atoms. The Labute approximate surface area is 46.7 Å². The number of fused-ring (bicyclic) bond motifs is 1. The van der Waals surface area contributed by atoms with E-state index >= 15 is 0 Å². The minimum atomic E-state index is 1.10. The fourth-order valence-corrected chi connectivity index (χ4v) is 0.860. The second-order valence-corrected chi connectivity index (χ2v) is 1.79. The number of aromatic nitrogens is 1. The van der Waals surface area contributed by atoms with Gasteiger partial charge in [-0.2, -0.15) is 0 Å². The van der Waals surface area contributed by atoms with Crippen LogP contribution in [0.5, 0.6) is 0 Å². The van der Waals surface area contributed by atoms with Gasteiger partial charge in [-0.05, 0) is 18.2 Å². The zero-order valence-corrected chi connectivity index (χ0v) is 4.31. The number of allylic oxidation sites excluding steroid dienone is 1. The Morgan fingerprint density at radius 2 is 2.50 bits per heavy atom. The van der Waals surface area contributed by atoms with E-state index in [1.54, 1.807) is 0 Å². The van der Waals surface area contributed by atoms with Gasteiger partial charge in [-0.25, -0.2) is 0 Å². The van der Waals surface area contributed by atoms with Crippen molar-refractivity contribution < 1.29 is 0 Å². The summed E-state index contributed by atoms with van der Waals surface area (Å²) in [7, 11) is 0. The predicted molar refractivity (Wildman–Crippen MR) is 32.5 cm³/mol. The number of aromatic amines is 1. The summed E-state index contributed by atoms with van der Waals surface area (Å²) in [6, 6.07) is 2.03. The standard InChI is InChI=1S/C7H5N/c1-2-6-4-5-8-7(6)3-1/h1-2,4-5,8H. The summed E-state index contributed by atoms with van der Waals surface area (Å²) < 4.78 is 0. The lowest BCUT2D eigenvalue weighted by atomic mass is 10.4. The molecule has 2 rings (SSSR count). The van der Waals surface area contributed by atoms with Crippen LogP contribution in [-0.4, -0.2) is 4.98 Å². The average Bonchev–Trinajstić information content (AvgIpc) is 2.15. The molecule has 0 fully saturated rings. The van der Waals surface area contributed by atoms with Gasteiger partial charge in [-0.3, -0.25) is 0 Å². The molecule has 0 aromatic carbocycles. The predicted octanol–water partition coefficient (Wildman–Crippen LogP) is -0.256. The largest absolute Gasteiger partial charge is 0.355 e. The van der Waals surface area contributed by atoms with Crippen LogP contribution in [0.2, 0.25) is 0 Å². The van der Waals surface area contributed by atoms with Gasteiger partial charge in [0.05, 0.1) is 5.35 Å². The van der Waals surface area contributed by atoms with Crippen LogP contribution in [0.3, 0.4) is 0 Å². The van der Waals surface area contributed by atoms with E-state index in [1.165, 1.54) is 5.22 Å². The second-order valence-electron chi connectivity index (χ2n) is 1.79. The van der Waals surface area contributed by atoms with Crippen molar-refractivity contribution >= 4 is 11.8 Å². The van der Waals surface area contributed by atoms with Gasteiger partial charge in [-0.1, -0.05) is 5.73 Å². The molecular weight excluding hydrogens is 98.1 g/mol. The van der Waals surface area contributed by atoms with Crippen LogP contribution < -0.4 is 10.6 Å². The summed E-state index contributed by atoms with van der Waals surface area (Å²) >= 11 is 0. The third kappa shape index (κ3) is 0.316. The van der Waals surface area contributed by atoms with Gasteiger partial charge in [0.2, 0.25) is 0 Å². The van der Waals surface area contributed by atoms with Crippen molar-refractivity contribution in [1.82, 2.24) is 4.98 Å². The van der Waals surface area contributed by atoms with Crippen molar-refractivity contribution in [2.45, 2.75) is 0 Å². The van der Waals surface area contributed by atoms with E-state index < -0.39 is 0 Å². The first-order valence-corrected chi connectivity index (χ1v) is 2.57. The summed E-state index contributed by atoms with van der Waals surface area (Å²) in [5.74, 6) is 0. The molecule has 0 spiro atoms. The maximum atomic E-state index is 3.04. The maximum absolute atomic E-state index is 3.04. The normalized spacial score (nSPS) is 12.5. The molecule has 0 amide bonds. The van der Waals surface area contributed by atoms with Gasteiger partial charge in [0.15, 0.2) is 0 Å². The molecule has 0 unspecified atom stereocenters. The number of nitrogens with one attached hydrogen (secondary N) is 1. The molecule has 1 nitrogen and oxygen atoms in total. The van der Waals surface area contributed by atoms with Gasteiger partial charge in [0.25, 0.3) is 0 Å². The van der Waals surface area contributed by atoms with Gasteiger partial charge < -0.3 is 4.98 Å². The van der Waals surface area contributed by atoms with Crippen molar-refractivity contribution in [3.8, 4) is 0 Å². The highest BCUT2D eigenvalue weighted by atomic mass is 14.6. The van der Waals surface area contributed by atoms with Crippen molar-refractivity contribution in [1.29, 1.82) is 0 Å². The molecule has 1 N–H and O–H groups in total. The maximum Gasteiger partial charge on any atom is 0.0887 e. The molecule has 1 aromatic rings. The Kier molecular flexibility index (Phi) is 0.538. The second kappa shape index (κ2) is 1.15. The first-order chi connectivity index (χ1) is 3.97. The number of H-pyrrole nitrogens is 1. The van der Waals surface area contributed by atoms with Crippen molar-refractivity contribution in [3.05, 3.63) is 28.9 Å². The molecular formula is C7H5N. The summed E-state index contributed by atoms with van der Waals surface area (Å²) in [5.41, 5.74) is 3.04. The summed E-state index contributed by atoms with van der Waals surface area (Å²) in [4.78, 5) is 3.04. The molecule has 8 heavy (non-hydrogen) atoms. The van der Waals surface area contributed by atoms with E-state index in [-0.39, 0.29) is 0 Å². The average molecular weight is 103 g/mol. The molecule has 0 radical (unpaired) electrons. The zero-order chi connectivity index (χ0) is 5.40. The quantitative estimate of drug-likeness (QED) is 0.466. The molecule has 1 aromatic heterocycles. The van der Waals surface area contributed by atoms with Gasteiger partial charge >= 0.3 is 0 Å². The van der Waals surface area contributed by atoms with E-state index in [1.807, 2.05) is 24.4 Å². The molecule has 38 valence electrons. The number of rotatable bonds is 0. The third-order valence-corrected chi connectivity index (χ3v) is 1.27. The van der Waals surface area contributed by atoms with Crippen LogP contribution in [0.1, 0.15) is 0 Å². The zero-order valence-electron chi connectivity index (χ0n) is 4.31. The Hall–Kier alpha value is -1.20. The van der Waals surface area contributed by atoms with E-state index in [4.69, 9.17) is 0 Å². The molecule has 1 aliphatic carbocycles. The third-order valence-electron chi connectivity index (χ3n) is 1.27. The molecule has 1 heteroatoms. The highest BCUT2D eigenvalue weighted by Crippen LogP contribution is 1.73. The van der Waals surface area contributed by atoms with Crippen molar-refractivity contribution in [2.24, 2.45) is 0 Å². The lowest BCUT2D eigenvalue weighted by Crippen LogP contribution is -2.17. The molecule has 0 atom stereocenters. The number of hydrogen-bond acceptors (Lipinski definition) is 0. The highest BCUT2D eigenvalue weighted by molar-refractivity contribution is 5.49. The fraction of sp³-hybridized carbons (Fsp3) is 0. The summed E-state index contributed by atoms with van der Waals surface area (Å²) in [6.45, 7) is 0. The Morgan fingerprint density at radius 1 is 1.50 bits per heavy atom. The van der Waals surface area contributed by atoms with Crippen LogP contribution in [0.25, 0.3) is 11.8 Å². The van der Waals surface area contributed by atoms with Gasteiger partial charge in [0, 0.05) is 11.4 Å². The Bertz CT molecular complexity index is 337. The van der Waals surface area contributed by atoms with Crippen LogP contribution in [0, 0.1) is 0 Å². The van der Waals surface area contributed by atoms with Crippen molar-refractivity contribution in [2.75, 3.05) is 0 Å². The minimum Gasteiger partial charge on any atom is -0.355 e. The first-order valence-electron chi connectivity index (χ1n) is 2.57. The van der Waals surface area contributed by atoms with E-state index in [2.05, 4.69) is 10.7 Å². The molecule has 1 heterocycles. The van der Waals surface area contributed by atoms with Crippen LogP contribution in [0.15, 0.2) is 18.3 Å². The van der Waals surface area contributed by atoms with Gasteiger partial charge in [-0.15, -0.1) is 0 Å². The van der Waals surface area contributed by atoms with E-state index in [0.717, 1.165) is 5.35 Å². The first kappa shape index (κ1) is 3.76. The Morgan fingerprint density at radius 3 is 3.38 bits per heavy atom. The monoisotopic (exact) mass is 103 g/mol. The lowest BCUT2D eigenvalue weighted by molar-refractivity contribution is 1.33. The number of hydrogen-bond donors (Lipinski definition) is 1. The smallest absolute Gasteiger partial charge is 0.0887 e. The van der Waals surface area contributed by atoms with Crippen LogP contribution in [-0.2, 0) is 0 Å². The van der Waals surface area contributed by atoms with Crippen molar-refractivity contribution in [3.63, 3.8) is 0 Å². The minimum absolute atomic E-state index is 1.10.